The largest absolute Gasteiger partial charge is 0.331 e. The lowest BCUT2D eigenvalue weighted by Gasteiger charge is -2.11. The summed E-state index contributed by atoms with van der Waals surface area (Å²) >= 11 is 5.09. The van der Waals surface area contributed by atoms with Gasteiger partial charge in [-0.15, -0.1) is 5.10 Å². The molecule has 1 amide bonds. The molecule has 0 fully saturated rings. The summed E-state index contributed by atoms with van der Waals surface area (Å²) in [5.41, 5.74) is 7.65. The quantitative estimate of drug-likeness (QED) is 0.299. The Morgan fingerprint density at radius 1 is 1.12 bits per heavy atom. The van der Waals surface area contributed by atoms with Gasteiger partial charge < -0.3 is 5.32 Å². The highest BCUT2D eigenvalue weighted by atomic mass is 32.1. The zero-order chi connectivity index (χ0) is 23.4. The van der Waals surface area contributed by atoms with Crippen molar-refractivity contribution >= 4 is 40.0 Å². The molecule has 0 radical (unpaired) electrons. The zero-order valence-corrected chi connectivity index (χ0v) is 18.3. The molecule has 0 spiro atoms. The van der Waals surface area contributed by atoms with Crippen LogP contribution in [0.1, 0.15) is 11.4 Å². The summed E-state index contributed by atoms with van der Waals surface area (Å²) in [6.07, 6.45) is 1.59. The minimum Gasteiger partial charge on any atom is -0.331 e. The molecule has 2 heterocycles. The zero-order valence-electron chi connectivity index (χ0n) is 17.4. The molecule has 0 saturated carbocycles. The monoisotopic (exact) mass is 466 g/mol. The number of anilines is 1. The standard InChI is InChI=1S/C21H19FN8O2S/c1-13-20(32)30(18-5-3-2-4-17(18)23-13)11-16-10-29(28-25-16)12-19(31)26-27-21(33)24-15-8-6-14(22)7-9-15/h2-10H,11-12H2,1H3,(H,26,31)(H2,24,27,33). The van der Waals surface area contributed by atoms with Gasteiger partial charge in [0.2, 0.25) is 0 Å². The van der Waals surface area contributed by atoms with Gasteiger partial charge in [0.25, 0.3) is 11.5 Å². The molecule has 0 aliphatic heterocycles. The number of nitrogens with zero attached hydrogens (tertiary/aromatic N) is 5. The van der Waals surface area contributed by atoms with Crippen LogP contribution in [-0.4, -0.2) is 35.6 Å². The van der Waals surface area contributed by atoms with Crippen LogP contribution >= 0.6 is 12.2 Å². The van der Waals surface area contributed by atoms with Crippen LogP contribution in [0.4, 0.5) is 10.1 Å². The first-order valence-electron chi connectivity index (χ1n) is 9.85. The van der Waals surface area contributed by atoms with Crippen LogP contribution in [0, 0.1) is 12.7 Å². The van der Waals surface area contributed by atoms with Gasteiger partial charge in [-0.05, 0) is 55.5 Å². The van der Waals surface area contributed by atoms with Crippen molar-refractivity contribution in [3.8, 4) is 0 Å². The van der Waals surface area contributed by atoms with Gasteiger partial charge in [0, 0.05) is 5.69 Å². The number of benzene rings is 2. The molecule has 0 saturated heterocycles. The number of hydrogen-bond acceptors (Lipinski definition) is 6. The molecule has 2 aromatic heterocycles. The third-order valence-corrected chi connectivity index (χ3v) is 4.85. The van der Waals surface area contributed by atoms with Crippen molar-refractivity contribution in [1.82, 2.24) is 35.4 Å². The molecule has 0 atom stereocenters. The molecule has 12 heteroatoms. The highest BCUT2D eigenvalue weighted by molar-refractivity contribution is 7.80. The fraction of sp³-hybridized carbons (Fsp3) is 0.143. The second-order valence-corrected chi connectivity index (χ2v) is 7.53. The SMILES string of the molecule is Cc1nc2ccccc2n(Cc2cn(CC(=O)NNC(=S)Nc3ccc(F)cc3)nn2)c1=O. The molecule has 33 heavy (non-hydrogen) atoms. The van der Waals surface area contributed by atoms with Gasteiger partial charge in [0.05, 0.1) is 23.8 Å². The molecule has 3 N–H and O–H groups in total. The Morgan fingerprint density at radius 3 is 2.67 bits per heavy atom. The van der Waals surface area contributed by atoms with Crippen molar-refractivity contribution in [1.29, 1.82) is 0 Å². The maximum Gasteiger partial charge on any atom is 0.272 e. The highest BCUT2D eigenvalue weighted by Crippen LogP contribution is 2.11. The van der Waals surface area contributed by atoms with Crippen molar-refractivity contribution < 1.29 is 9.18 Å². The summed E-state index contributed by atoms with van der Waals surface area (Å²) < 4.78 is 15.9. The van der Waals surface area contributed by atoms with Gasteiger partial charge >= 0.3 is 0 Å². The normalized spacial score (nSPS) is 10.7. The number of carbonyl (C=O) groups is 1. The minimum atomic E-state index is -0.419. The number of carbonyl (C=O) groups excluding carboxylic acids is 1. The smallest absolute Gasteiger partial charge is 0.272 e. The molecule has 0 aliphatic rings. The van der Waals surface area contributed by atoms with E-state index in [9.17, 15) is 14.0 Å². The van der Waals surface area contributed by atoms with E-state index < -0.39 is 5.91 Å². The average molecular weight is 467 g/mol. The van der Waals surface area contributed by atoms with Crippen molar-refractivity contribution in [2.75, 3.05) is 5.32 Å². The third-order valence-electron chi connectivity index (χ3n) is 4.64. The molecule has 168 valence electrons. The van der Waals surface area contributed by atoms with E-state index in [1.807, 2.05) is 24.3 Å². The van der Waals surface area contributed by atoms with Crippen LogP contribution in [0.2, 0.25) is 0 Å². The molecular weight excluding hydrogens is 447 g/mol. The van der Waals surface area contributed by atoms with Gasteiger partial charge in [-0.1, -0.05) is 17.3 Å². The van der Waals surface area contributed by atoms with Crippen LogP contribution in [0.15, 0.2) is 59.5 Å². The number of fused-ring (bicyclic) bond motifs is 1. The number of hydrogen-bond donors (Lipinski definition) is 3. The van der Waals surface area contributed by atoms with Crippen LogP contribution in [-0.2, 0) is 17.9 Å². The number of aromatic nitrogens is 5. The summed E-state index contributed by atoms with van der Waals surface area (Å²) in [7, 11) is 0. The second kappa shape index (κ2) is 9.53. The van der Waals surface area contributed by atoms with Crippen LogP contribution in [0.5, 0.6) is 0 Å². The Bertz CT molecular complexity index is 1380. The number of halogens is 1. The summed E-state index contributed by atoms with van der Waals surface area (Å²) in [6.45, 7) is 1.73. The van der Waals surface area contributed by atoms with Crippen LogP contribution in [0.3, 0.4) is 0 Å². The minimum absolute atomic E-state index is 0.121. The number of rotatable bonds is 5. The number of para-hydroxylation sites is 2. The fourth-order valence-corrected chi connectivity index (χ4v) is 3.30. The van der Waals surface area contributed by atoms with E-state index in [1.54, 1.807) is 17.7 Å². The highest BCUT2D eigenvalue weighted by Gasteiger charge is 2.12. The lowest BCUT2D eigenvalue weighted by atomic mass is 10.2. The lowest BCUT2D eigenvalue weighted by molar-refractivity contribution is -0.122. The Balaban J connectivity index is 1.35. The first kappa shape index (κ1) is 22.0. The molecule has 0 bridgehead atoms. The van der Waals surface area contributed by atoms with E-state index in [-0.39, 0.29) is 29.6 Å². The van der Waals surface area contributed by atoms with Gasteiger partial charge in [-0.25, -0.2) is 14.1 Å². The molecular formula is C21H19FN8O2S. The first-order chi connectivity index (χ1) is 15.9. The average Bonchev–Trinajstić information content (AvgIpc) is 3.24. The maximum atomic E-state index is 12.9. The van der Waals surface area contributed by atoms with Crippen molar-refractivity contribution in [2.45, 2.75) is 20.0 Å². The number of nitrogens with one attached hydrogen (secondary N) is 3. The predicted molar refractivity (Wildman–Crippen MR) is 124 cm³/mol. The maximum absolute atomic E-state index is 12.9. The topological polar surface area (TPSA) is 119 Å². The lowest BCUT2D eigenvalue weighted by Crippen LogP contribution is -2.45. The van der Waals surface area contributed by atoms with E-state index in [2.05, 4.69) is 31.5 Å². The van der Waals surface area contributed by atoms with Crippen LogP contribution in [0.25, 0.3) is 11.0 Å². The van der Waals surface area contributed by atoms with Crippen molar-refractivity contribution in [3.63, 3.8) is 0 Å². The van der Waals surface area contributed by atoms with Gasteiger partial charge in [0.15, 0.2) is 5.11 Å². The number of amides is 1. The van der Waals surface area contributed by atoms with E-state index in [1.165, 1.54) is 28.9 Å². The van der Waals surface area contributed by atoms with Gasteiger partial charge in [-0.3, -0.25) is 25.0 Å². The second-order valence-electron chi connectivity index (χ2n) is 7.12. The number of aryl methyl sites for hydroxylation is 1. The molecule has 0 unspecified atom stereocenters. The number of thiocarbonyl (C=S) groups is 1. The Labute approximate surface area is 192 Å². The van der Waals surface area contributed by atoms with Gasteiger partial charge in [-0.2, -0.15) is 0 Å². The van der Waals surface area contributed by atoms with Crippen molar-refractivity contribution in [2.24, 2.45) is 0 Å². The van der Waals surface area contributed by atoms with Crippen LogP contribution < -0.4 is 21.7 Å². The summed E-state index contributed by atoms with van der Waals surface area (Å²) in [5.74, 6) is -0.783. The van der Waals surface area contributed by atoms with Gasteiger partial charge in [0.1, 0.15) is 23.7 Å². The molecule has 2 aromatic carbocycles. The van der Waals surface area contributed by atoms with E-state index in [0.717, 1.165) is 0 Å². The third kappa shape index (κ3) is 5.36. The first-order valence-corrected chi connectivity index (χ1v) is 10.3. The Hall–Kier alpha value is -4.19. The Kier molecular flexibility index (Phi) is 6.36. The van der Waals surface area contributed by atoms with E-state index >= 15 is 0 Å². The summed E-state index contributed by atoms with van der Waals surface area (Å²) in [5, 5.41) is 11.0. The molecule has 4 aromatic rings. The predicted octanol–water partition coefficient (Wildman–Crippen LogP) is 1.50. The number of hydrazine groups is 1. The van der Waals surface area contributed by atoms with E-state index in [4.69, 9.17) is 12.2 Å². The molecule has 10 nitrogen and oxygen atoms in total. The molecule has 0 aliphatic carbocycles. The van der Waals surface area contributed by atoms with E-state index in [0.29, 0.717) is 28.1 Å². The Morgan fingerprint density at radius 2 is 1.88 bits per heavy atom. The van der Waals surface area contributed by atoms with Crippen molar-refractivity contribution in [3.05, 3.63) is 82.3 Å². The summed E-state index contributed by atoms with van der Waals surface area (Å²) in [6, 6.07) is 12.9. The molecule has 4 rings (SSSR count). The fourth-order valence-electron chi connectivity index (χ4n) is 3.14. The summed E-state index contributed by atoms with van der Waals surface area (Å²) in [4.78, 5) is 29.1.